The smallest absolute Gasteiger partial charge is 0.0871 e. The Morgan fingerprint density at radius 2 is 2.14 bits per heavy atom. The van der Waals surface area contributed by atoms with Gasteiger partial charge in [0.15, 0.2) is 0 Å². The molecule has 1 aliphatic rings. The first-order chi connectivity index (χ1) is 6.86. The first-order valence-electron chi connectivity index (χ1n) is 5.36. The summed E-state index contributed by atoms with van der Waals surface area (Å²) in [6.07, 6.45) is 5.03. The van der Waals surface area contributed by atoms with Gasteiger partial charge in [-0.1, -0.05) is 0 Å². The van der Waals surface area contributed by atoms with Crippen molar-refractivity contribution in [2.24, 2.45) is 0 Å². The van der Waals surface area contributed by atoms with Crippen LogP contribution < -0.4 is 0 Å². The third-order valence-corrected chi connectivity index (χ3v) is 2.63. The fraction of sp³-hybridized carbons (Fsp3) is 0.818. The van der Waals surface area contributed by atoms with Gasteiger partial charge in [0.1, 0.15) is 0 Å². The summed E-state index contributed by atoms with van der Waals surface area (Å²) in [6, 6.07) is 0. The van der Waals surface area contributed by atoms with Crippen molar-refractivity contribution in [2.75, 3.05) is 33.4 Å². The van der Waals surface area contributed by atoms with Gasteiger partial charge in [0.2, 0.25) is 0 Å². The molecule has 0 N–H and O–H groups in total. The molecule has 0 spiro atoms. The standard InChI is InChI=1S/C11H20FNO/c1-14-8-4-5-11(9-12)10-13-6-2-3-7-13/h9H,2-8,10H2,1H3/b11-9-. The van der Waals surface area contributed by atoms with E-state index in [1.165, 1.54) is 12.8 Å². The first kappa shape index (κ1) is 11.7. The van der Waals surface area contributed by atoms with Crippen LogP contribution in [0.25, 0.3) is 0 Å². The molecule has 0 unspecified atom stereocenters. The van der Waals surface area contributed by atoms with Crippen molar-refractivity contribution in [1.29, 1.82) is 0 Å². The van der Waals surface area contributed by atoms with Crippen LogP contribution in [0, 0.1) is 0 Å². The molecule has 0 atom stereocenters. The average Bonchev–Trinajstić information content (AvgIpc) is 2.69. The Hall–Kier alpha value is -0.410. The molecule has 1 saturated heterocycles. The van der Waals surface area contributed by atoms with Crippen molar-refractivity contribution in [3.05, 3.63) is 11.9 Å². The Bertz CT molecular complexity index is 176. The lowest BCUT2D eigenvalue weighted by atomic mass is 10.1. The number of methoxy groups -OCH3 is 1. The molecule has 0 aromatic carbocycles. The number of halogens is 1. The minimum absolute atomic E-state index is 0.720. The number of hydrogen-bond donors (Lipinski definition) is 0. The number of rotatable bonds is 6. The summed E-state index contributed by atoms with van der Waals surface area (Å²) < 4.78 is 17.5. The third-order valence-electron chi connectivity index (χ3n) is 2.63. The van der Waals surface area contributed by atoms with Crippen molar-refractivity contribution in [1.82, 2.24) is 4.90 Å². The van der Waals surface area contributed by atoms with Gasteiger partial charge >= 0.3 is 0 Å². The van der Waals surface area contributed by atoms with Crippen molar-refractivity contribution < 1.29 is 9.13 Å². The van der Waals surface area contributed by atoms with Crippen LogP contribution in [0.15, 0.2) is 11.9 Å². The summed E-state index contributed by atoms with van der Waals surface area (Å²) in [5.41, 5.74) is 0.906. The van der Waals surface area contributed by atoms with E-state index in [0.29, 0.717) is 0 Å². The van der Waals surface area contributed by atoms with E-state index in [2.05, 4.69) is 4.90 Å². The number of likely N-dealkylation sites (tertiary alicyclic amines) is 1. The topological polar surface area (TPSA) is 12.5 Å². The molecule has 3 heteroatoms. The monoisotopic (exact) mass is 201 g/mol. The number of hydrogen-bond acceptors (Lipinski definition) is 2. The fourth-order valence-corrected chi connectivity index (χ4v) is 1.84. The summed E-state index contributed by atoms with van der Waals surface area (Å²) in [4.78, 5) is 2.32. The van der Waals surface area contributed by atoms with Crippen LogP contribution in [-0.4, -0.2) is 38.3 Å². The van der Waals surface area contributed by atoms with E-state index in [-0.39, 0.29) is 0 Å². The zero-order valence-corrected chi connectivity index (χ0v) is 8.97. The second-order valence-electron chi connectivity index (χ2n) is 3.85. The van der Waals surface area contributed by atoms with E-state index in [9.17, 15) is 4.39 Å². The van der Waals surface area contributed by atoms with Crippen LogP contribution in [-0.2, 0) is 4.74 Å². The van der Waals surface area contributed by atoms with Gasteiger partial charge in [-0.3, -0.25) is 4.90 Å². The molecule has 14 heavy (non-hydrogen) atoms. The second kappa shape index (κ2) is 6.96. The highest BCUT2D eigenvalue weighted by Gasteiger charge is 2.12. The molecule has 2 nitrogen and oxygen atoms in total. The van der Waals surface area contributed by atoms with Crippen LogP contribution in [0.1, 0.15) is 25.7 Å². The highest BCUT2D eigenvalue weighted by Crippen LogP contribution is 2.13. The molecule has 1 rings (SSSR count). The summed E-state index contributed by atoms with van der Waals surface area (Å²) in [5.74, 6) is 0. The van der Waals surface area contributed by atoms with E-state index in [1.54, 1.807) is 7.11 Å². The molecule has 0 aliphatic carbocycles. The predicted molar refractivity (Wildman–Crippen MR) is 56.0 cm³/mol. The lowest BCUT2D eigenvalue weighted by Crippen LogP contribution is -2.22. The van der Waals surface area contributed by atoms with Gasteiger partial charge in [-0.15, -0.1) is 0 Å². The molecule has 1 heterocycles. The van der Waals surface area contributed by atoms with E-state index >= 15 is 0 Å². The molecule has 0 amide bonds. The van der Waals surface area contributed by atoms with Gasteiger partial charge in [-0.2, -0.15) is 0 Å². The zero-order valence-electron chi connectivity index (χ0n) is 8.97. The SMILES string of the molecule is COCCC/C(=C/F)CN1CCCC1. The van der Waals surface area contributed by atoms with E-state index < -0.39 is 0 Å². The highest BCUT2D eigenvalue weighted by molar-refractivity contribution is 5.01. The second-order valence-corrected chi connectivity index (χ2v) is 3.85. The van der Waals surface area contributed by atoms with Crippen LogP contribution in [0.4, 0.5) is 4.39 Å². The average molecular weight is 201 g/mol. The van der Waals surface area contributed by atoms with Crippen LogP contribution in [0.2, 0.25) is 0 Å². The summed E-state index contributed by atoms with van der Waals surface area (Å²) in [6.45, 7) is 3.78. The Labute approximate surface area is 85.7 Å². The maximum atomic E-state index is 12.5. The van der Waals surface area contributed by atoms with Gasteiger partial charge < -0.3 is 4.74 Å². The molecule has 0 saturated carbocycles. The minimum Gasteiger partial charge on any atom is -0.385 e. The Kier molecular flexibility index (Phi) is 5.80. The maximum Gasteiger partial charge on any atom is 0.0871 e. The summed E-state index contributed by atoms with van der Waals surface area (Å²) in [7, 11) is 1.68. The van der Waals surface area contributed by atoms with Gasteiger partial charge in [0.05, 0.1) is 6.33 Å². The third kappa shape index (κ3) is 4.20. The lowest BCUT2D eigenvalue weighted by Gasteiger charge is -2.16. The highest BCUT2D eigenvalue weighted by atomic mass is 19.1. The van der Waals surface area contributed by atoms with Gasteiger partial charge in [0, 0.05) is 20.3 Å². The van der Waals surface area contributed by atoms with E-state index in [1.807, 2.05) is 0 Å². The summed E-state index contributed by atoms with van der Waals surface area (Å²) in [5, 5.41) is 0. The predicted octanol–water partition coefficient (Wildman–Crippen LogP) is 2.36. The molecule has 0 bridgehead atoms. The summed E-state index contributed by atoms with van der Waals surface area (Å²) >= 11 is 0. The molecule has 0 aromatic rings. The molecule has 1 aliphatic heterocycles. The maximum absolute atomic E-state index is 12.5. The van der Waals surface area contributed by atoms with Crippen molar-refractivity contribution in [3.8, 4) is 0 Å². The van der Waals surface area contributed by atoms with Crippen molar-refractivity contribution in [2.45, 2.75) is 25.7 Å². The quantitative estimate of drug-likeness (QED) is 0.612. The normalized spacial score (nSPS) is 19.1. The molecule has 0 aromatic heterocycles. The van der Waals surface area contributed by atoms with E-state index in [0.717, 1.165) is 51.0 Å². The van der Waals surface area contributed by atoms with Gasteiger partial charge in [-0.25, -0.2) is 4.39 Å². The molecule has 82 valence electrons. The van der Waals surface area contributed by atoms with Crippen molar-refractivity contribution >= 4 is 0 Å². The Morgan fingerprint density at radius 1 is 1.43 bits per heavy atom. The van der Waals surface area contributed by atoms with E-state index in [4.69, 9.17) is 4.74 Å². The Morgan fingerprint density at radius 3 is 2.71 bits per heavy atom. The van der Waals surface area contributed by atoms with Crippen LogP contribution in [0.3, 0.4) is 0 Å². The van der Waals surface area contributed by atoms with Gasteiger partial charge in [-0.05, 0) is 44.3 Å². The first-order valence-corrected chi connectivity index (χ1v) is 5.36. The molecular weight excluding hydrogens is 181 g/mol. The molecular formula is C11H20FNO. The molecule has 0 radical (unpaired) electrons. The van der Waals surface area contributed by atoms with Crippen molar-refractivity contribution in [3.63, 3.8) is 0 Å². The Balaban J connectivity index is 2.17. The van der Waals surface area contributed by atoms with Gasteiger partial charge in [0.25, 0.3) is 0 Å². The zero-order chi connectivity index (χ0) is 10.2. The van der Waals surface area contributed by atoms with Crippen LogP contribution >= 0.6 is 0 Å². The number of ether oxygens (including phenoxy) is 1. The minimum atomic E-state index is 0.720. The number of nitrogens with zero attached hydrogens (tertiary/aromatic N) is 1. The van der Waals surface area contributed by atoms with Crippen LogP contribution in [0.5, 0.6) is 0 Å². The largest absolute Gasteiger partial charge is 0.385 e. The molecule has 1 fully saturated rings. The lowest BCUT2D eigenvalue weighted by molar-refractivity contribution is 0.194. The fourth-order valence-electron chi connectivity index (χ4n) is 1.84.